The highest BCUT2D eigenvalue weighted by molar-refractivity contribution is 6.24. The lowest BCUT2D eigenvalue weighted by Gasteiger charge is -2.35. The number of rotatable bonds is 3. The molecular formula is C13H18ClN3O. The molecule has 0 spiro atoms. The number of carbonyl (C=O) groups is 1. The van der Waals surface area contributed by atoms with E-state index in [9.17, 15) is 4.79 Å². The number of nitrogens with one attached hydrogen (secondary N) is 2. The van der Waals surface area contributed by atoms with Crippen LogP contribution >= 0.6 is 11.6 Å². The Bertz CT molecular complexity index is 518. The third-order valence-corrected chi connectivity index (χ3v) is 3.66. The van der Waals surface area contributed by atoms with E-state index in [2.05, 4.69) is 29.1 Å². The molecule has 0 amide bonds. The number of aromatic nitrogens is 2. The second-order valence-electron chi connectivity index (χ2n) is 5.24. The van der Waals surface area contributed by atoms with Crippen molar-refractivity contribution < 1.29 is 4.79 Å². The highest BCUT2D eigenvalue weighted by Crippen LogP contribution is 2.40. The SMILES string of the molecule is CC1=C(C)c2nc(C=O)[nH]c2C(Cl)(CC(C)C)N1. The van der Waals surface area contributed by atoms with Gasteiger partial charge in [-0.15, -0.1) is 0 Å². The van der Waals surface area contributed by atoms with Crippen LogP contribution in [0, 0.1) is 5.92 Å². The van der Waals surface area contributed by atoms with Gasteiger partial charge in [0.15, 0.2) is 17.1 Å². The fourth-order valence-electron chi connectivity index (χ4n) is 2.35. The number of fused-ring (bicyclic) bond motifs is 1. The van der Waals surface area contributed by atoms with Crippen molar-refractivity contribution in [1.82, 2.24) is 15.3 Å². The average molecular weight is 268 g/mol. The fourth-order valence-corrected chi connectivity index (χ4v) is 2.94. The zero-order valence-corrected chi connectivity index (χ0v) is 11.9. The topological polar surface area (TPSA) is 57.8 Å². The van der Waals surface area contributed by atoms with Gasteiger partial charge in [0.2, 0.25) is 0 Å². The van der Waals surface area contributed by atoms with Gasteiger partial charge in [0.05, 0.1) is 11.4 Å². The number of imidazole rings is 1. The van der Waals surface area contributed by atoms with Gasteiger partial charge in [-0.05, 0) is 31.8 Å². The van der Waals surface area contributed by atoms with E-state index in [-0.39, 0.29) is 0 Å². The van der Waals surface area contributed by atoms with E-state index < -0.39 is 5.00 Å². The number of carbonyl (C=O) groups excluding carboxylic acids is 1. The molecule has 2 heterocycles. The molecular weight excluding hydrogens is 250 g/mol. The van der Waals surface area contributed by atoms with Crippen LogP contribution in [0.3, 0.4) is 0 Å². The maximum absolute atomic E-state index is 10.9. The van der Waals surface area contributed by atoms with Crippen molar-refractivity contribution in [3.05, 3.63) is 22.9 Å². The van der Waals surface area contributed by atoms with E-state index in [0.717, 1.165) is 29.1 Å². The van der Waals surface area contributed by atoms with E-state index in [0.29, 0.717) is 18.0 Å². The lowest BCUT2D eigenvalue weighted by Crippen LogP contribution is -2.41. The molecule has 1 aliphatic rings. The molecule has 0 saturated heterocycles. The molecule has 2 N–H and O–H groups in total. The summed E-state index contributed by atoms with van der Waals surface area (Å²) in [6.45, 7) is 8.18. The molecule has 0 radical (unpaired) electrons. The van der Waals surface area contributed by atoms with Gasteiger partial charge in [-0.1, -0.05) is 25.4 Å². The Morgan fingerprint density at radius 2 is 2.11 bits per heavy atom. The summed E-state index contributed by atoms with van der Waals surface area (Å²) < 4.78 is 0. The number of hydrogen-bond acceptors (Lipinski definition) is 3. The van der Waals surface area contributed by atoms with E-state index in [1.165, 1.54) is 0 Å². The first kappa shape index (κ1) is 13.1. The Morgan fingerprint density at radius 1 is 1.44 bits per heavy atom. The summed E-state index contributed by atoms with van der Waals surface area (Å²) in [7, 11) is 0. The zero-order chi connectivity index (χ0) is 13.5. The molecule has 0 bridgehead atoms. The quantitative estimate of drug-likeness (QED) is 0.503. The van der Waals surface area contributed by atoms with Crippen LogP contribution in [0.1, 0.15) is 56.1 Å². The number of aromatic amines is 1. The fraction of sp³-hybridized carbons (Fsp3) is 0.538. The van der Waals surface area contributed by atoms with E-state index >= 15 is 0 Å². The standard InChI is InChI=1S/C13H18ClN3O/c1-7(2)5-13(14)12-11(8(3)9(4)17-13)15-10(6-18)16-12/h6-7,17H,5H2,1-4H3,(H,15,16). The Balaban J connectivity index is 2.56. The summed E-state index contributed by atoms with van der Waals surface area (Å²) in [6.07, 6.45) is 1.47. The van der Waals surface area contributed by atoms with Crippen LogP contribution in [-0.4, -0.2) is 16.3 Å². The van der Waals surface area contributed by atoms with Crippen LogP contribution in [-0.2, 0) is 5.00 Å². The lowest BCUT2D eigenvalue weighted by molar-refractivity contribution is 0.111. The van der Waals surface area contributed by atoms with E-state index in [4.69, 9.17) is 11.6 Å². The minimum Gasteiger partial charge on any atom is -0.365 e. The van der Waals surface area contributed by atoms with E-state index in [1.54, 1.807) is 0 Å². The minimum absolute atomic E-state index is 0.324. The molecule has 98 valence electrons. The Hall–Kier alpha value is -1.29. The Kier molecular flexibility index (Phi) is 3.23. The summed E-state index contributed by atoms with van der Waals surface area (Å²) in [5, 5.41) is 3.33. The number of alkyl halides is 1. The average Bonchev–Trinajstić information content (AvgIpc) is 2.70. The molecule has 1 unspecified atom stereocenters. The molecule has 2 rings (SSSR count). The molecule has 0 fully saturated rings. The summed E-state index contributed by atoms with van der Waals surface area (Å²) in [6, 6.07) is 0. The second-order valence-corrected chi connectivity index (χ2v) is 5.88. The number of nitrogens with zero attached hydrogens (tertiary/aromatic N) is 1. The van der Waals surface area contributed by atoms with Gasteiger partial charge in [-0.2, -0.15) is 0 Å². The maximum Gasteiger partial charge on any atom is 0.185 e. The number of aldehydes is 1. The van der Waals surface area contributed by atoms with Crippen molar-refractivity contribution in [3.63, 3.8) is 0 Å². The maximum atomic E-state index is 10.9. The minimum atomic E-state index is -0.707. The predicted octanol–water partition coefficient (Wildman–Crippen LogP) is 3.01. The summed E-state index contributed by atoms with van der Waals surface area (Å²) in [5.41, 5.74) is 3.61. The molecule has 18 heavy (non-hydrogen) atoms. The van der Waals surface area contributed by atoms with Gasteiger partial charge in [-0.25, -0.2) is 4.98 Å². The largest absolute Gasteiger partial charge is 0.365 e. The predicted molar refractivity (Wildman–Crippen MR) is 72.4 cm³/mol. The summed E-state index contributed by atoms with van der Waals surface area (Å²) >= 11 is 6.70. The molecule has 4 nitrogen and oxygen atoms in total. The third kappa shape index (κ3) is 2.05. The molecule has 1 aromatic heterocycles. The molecule has 1 atom stereocenters. The lowest BCUT2D eigenvalue weighted by atomic mass is 9.93. The smallest absolute Gasteiger partial charge is 0.185 e. The van der Waals surface area contributed by atoms with Crippen LogP contribution in [0.2, 0.25) is 0 Å². The van der Waals surface area contributed by atoms with E-state index in [1.807, 2.05) is 13.8 Å². The second kappa shape index (κ2) is 4.43. The first-order valence-corrected chi connectivity index (χ1v) is 6.46. The van der Waals surface area contributed by atoms with Crippen LogP contribution in [0.15, 0.2) is 5.70 Å². The van der Waals surface area contributed by atoms with Crippen LogP contribution in [0.25, 0.3) is 5.57 Å². The monoisotopic (exact) mass is 267 g/mol. The van der Waals surface area contributed by atoms with Crippen molar-refractivity contribution in [3.8, 4) is 0 Å². The van der Waals surface area contributed by atoms with Crippen molar-refractivity contribution in [2.75, 3.05) is 0 Å². The number of H-pyrrole nitrogens is 1. The summed E-state index contributed by atoms with van der Waals surface area (Å²) in [5.74, 6) is 0.752. The first-order chi connectivity index (χ1) is 8.37. The van der Waals surface area contributed by atoms with Gasteiger partial charge >= 0.3 is 0 Å². The van der Waals surface area contributed by atoms with Gasteiger partial charge < -0.3 is 10.3 Å². The number of halogens is 1. The highest BCUT2D eigenvalue weighted by Gasteiger charge is 2.39. The Labute approximate surface area is 112 Å². The van der Waals surface area contributed by atoms with Crippen molar-refractivity contribution >= 4 is 23.5 Å². The van der Waals surface area contributed by atoms with Crippen LogP contribution in [0.4, 0.5) is 0 Å². The van der Waals surface area contributed by atoms with Crippen LogP contribution < -0.4 is 5.32 Å². The Morgan fingerprint density at radius 3 is 2.67 bits per heavy atom. The van der Waals surface area contributed by atoms with Crippen molar-refractivity contribution in [2.45, 2.75) is 39.1 Å². The zero-order valence-electron chi connectivity index (χ0n) is 11.1. The molecule has 0 saturated carbocycles. The van der Waals surface area contributed by atoms with Gasteiger partial charge in [0.1, 0.15) is 0 Å². The third-order valence-electron chi connectivity index (χ3n) is 3.22. The first-order valence-electron chi connectivity index (χ1n) is 6.08. The molecule has 0 aromatic carbocycles. The van der Waals surface area contributed by atoms with Gasteiger partial charge in [-0.3, -0.25) is 4.79 Å². The van der Waals surface area contributed by atoms with Crippen molar-refractivity contribution in [1.29, 1.82) is 0 Å². The van der Waals surface area contributed by atoms with Gasteiger partial charge in [0, 0.05) is 5.70 Å². The molecule has 1 aliphatic heterocycles. The number of allylic oxidation sites excluding steroid dienone is 2. The van der Waals surface area contributed by atoms with Crippen LogP contribution in [0.5, 0.6) is 0 Å². The normalized spacial score (nSPS) is 23.0. The van der Waals surface area contributed by atoms with Crippen molar-refractivity contribution in [2.24, 2.45) is 5.92 Å². The summed E-state index contributed by atoms with van der Waals surface area (Å²) in [4.78, 5) is 17.5. The molecule has 0 aliphatic carbocycles. The molecule has 1 aromatic rings. The highest BCUT2D eigenvalue weighted by atomic mass is 35.5. The molecule has 5 heteroatoms. The van der Waals surface area contributed by atoms with Gasteiger partial charge in [0.25, 0.3) is 0 Å². The number of hydrogen-bond donors (Lipinski definition) is 2.